The van der Waals surface area contributed by atoms with Gasteiger partial charge in [-0.05, 0) is 23.5 Å². The Morgan fingerprint density at radius 3 is 2.50 bits per heavy atom. The van der Waals surface area contributed by atoms with Crippen molar-refractivity contribution in [2.45, 2.75) is 32.6 Å². The predicted molar refractivity (Wildman–Crippen MR) is 62.2 cm³/mol. The van der Waals surface area contributed by atoms with E-state index in [4.69, 9.17) is 0 Å². The molecule has 0 aliphatic rings. The van der Waals surface area contributed by atoms with Gasteiger partial charge in [-0.15, -0.1) is 0 Å². The van der Waals surface area contributed by atoms with Crippen LogP contribution in [0.15, 0.2) is 24.3 Å². The lowest BCUT2D eigenvalue weighted by Gasteiger charge is -2.25. The predicted octanol–water partition coefficient (Wildman–Crippen LogP) is 3.09. The Morgan fingerprint density at radius 1 is 1.31 bits per heavy atom. The van der Waals surface area contributed by atoms with Crippen molar-refractivity contribution in [3.05, 3.63) is 35.4 Å². The molecule has 88 valence electrons. The van der Waals surface area contributed by atoms with Gasteiger partial charge in [0.1, 0.15) is 0 Å². The maximum Gasteiger partial charge on any atom is 0.373 e. The van der Waals surface area contributed by atoms with E-state index in [-0.39, 0.29) is 5.41 Å². The van der Waals surface area contributed by atoms with Gasteiger partial charge < -0.3 is 0 Å². The molecule has 0 saturated heterocycles. The maximum atomic E-state index is 11.7. The van der Waals surface area contributed by atoms with E-state index < -0.39 is 5.97 Å². The van der Waals surface area contributed by atoms with Gasteiger partial charge in [-0.3, -0.25) is 4.89 Å². The van der Waals surface area contributed by atoms with Crippen molar-refractivity contribution in [1.29, 1.82) is 0 Å². The summed E-state index contributed by atoms with van der Waals surface area (Å²) in [5.74, 6) is -0.445. The molecule has 0 aromatic heterocycles. The fourth-order valence-corrected chi connectivity index (χ4v) is 1.56. The van der Waals surface area contributed by atoms with E-state index in [1.54, 1.807) is 6.07 Å². The number of benzene rings is 1. The van der Waals surface area contributed by atoms with Gasteiger partial charge in [0, 0.05) is 0 Å². The number of hydrogen-bond donors (Lipinski definition) is 0. The van der Waals surface area contributed by atoms with Crippen LogP contribution in [-0.2, 0) is 15.2 Å². The molecule has 1 aromatic rings. The van der Waals surface area contributed by atoms with E-state index in [9.17, 15) is 4.79 Å². The fourth-order valence-electron chi connectivity index (χ4n) is 1.56. The van der Waals surface area contributed by atoms with E-state index in [1.165, 1.54) is 7.11 Å². The summed E-state index contributed by atoms with van der Waals surface area (Å²) >= 11 is 0. The third kappa shape index (κ3) is 2.61. The molecule has 3 nitrogen and oxygen atoms in total. The minimum absolute atomic E-state index is 0.0522. The third-order valence-electron chi connectivity index (χ3n) is 2.92. The van der Waals surface area contributed by atoms with Gasteiger partial charge in [0.05, 0.1) is 12.7 Å². The first kappa shape index (κ1) is 12.7. The van der Waals surface area contributed by atoms with Crippen LogP contribution >= 0.6 is 0 Å². The van der Waals surface area contributed by atoms with E-state index >= 15 is 0 Å². The topological polar surface area (TPSA) is 35.5 Å². The highest BCUT2D eigenvalue weighted by atomic mass is 17.2. The molecule has 0 heterocycles. The normalized spacial score (nSPS) is 11.2. The van der Waals surface area contributed by atoms with Gasteiger partial charge in [-0.1, -0.05) is 39.0 Å². The first-order valence-electron chi connectivity index (χ1n) is 5.37. The van der Waals surface area contributed by atoms with E-state index in [2.05, 4.69) is 30.5 Å². The van der Waals surface area contributed by atoms with Gasteiger partial charge in [0.25, 0.3) is 0 Å². The highest BCUT2D eigenvalue weighted by Gasteiger charge is 2.24. The van der Waals surface area contributed by atoms with Crippen LogP contribution in [0.5, 0.6) is 0 Å². The van der Waals surface area contributed by atoms with Gasteiger partial charge in [-0.2, -0.15) is 4.89 Å². The van der Waals surface area contributed by atoms with Gasteiger partial charge in [0.2, 0.25) is 0 Å². The van der Waals surface area contributed by atoms with Gasteiger partial charge in [0.15, 0.2) is 0 Å². The standard InChI is InChI=1S/C13H18O3/c1-5-13(2,3)11-9-7-6-8-10(11)12(14)16-15-4/h6-9H,5H2,1-4H3. The molecule has 0 aliphatic heterocycles. The Bertz CT molecular complexity index is 369. The molecule has 1 rings (SSSR count). The van der Waals surface area contributed by atoms with Crippen molar-refractivity contribution in [1.82, 2.24) is 0 Å². The zero-order valence-electron chi connectivity index (χ0n) is 10.2. The summed E-state index contributed by atoms with van der Waals surface area (Å²) in [7, 11) is 1.32. The third-order valence-corrected chi connectivity index (χ3v) is 2.92. The molecule has 0 amide bonds. The summed E-state index contributed by atoms with van der Waals surface area (Å²) in [5, 5.41) is 0. The maximum absolute atomic E-state index is 11.7. The van der Waals surface area contributed by atoms with Crippen molar-refractivity contribution in [3.8, 4) is 0 Å². The van der Waals surface area contributed by atoms with Gasteiger partial charge in [-0.25, -0.2) is 4.79 Å². The van der Waals surface area contributed by atoms with Crippen molar-refractivity contribution in [3.63, 3.8) is 0 Å². The summed E-state index contributed by atoms with van der Waals surface area (Å²) in [6, 6.07) is 7.46. The minimum Gasteiger partial charge on any atom is -0.293 e. The lowest BCUT2D eigenvalue weighted by atomic mass is 9.80. The van der Waals surface area contributed by atoms with Crippen molar-refractivity contribution < 1.29 is 14.6 Å². The van der Waals surface area contributed by atoms with Crippen LogP contribution in [0.3, 0.4) is 0 Å². The molecule has 0 unspecified atom stereocenters. The lowest BCUT2D eigenvalue weighted by molar-refractivity contribution is -0.216. The summed E-state index contributed by atoms with van der Waals surface area (Å²) in [4.78, 5) is 20.7. The number of carbonyl (C=O) groups is 1. The Kier molecular flexibility index (Phi) is 4.07. The van der Waals surface area contributed by atoms with E-state index in [1.807, 2.05) is 18.2 Å². The Hall–Kier alpha value is -1.35. The first-order chi connectivity index (χ1) is 7.53. The van der Waals surface area contributed by atoms with Crippen LogP contribution in [0.25, 0.3) is 0 Å². The van der Waals surface area contributed by atoms with Crippen LogP contribution in [0.2, 0.25) is 0 Å². The largest absolute Gasteiger partial charge is 0.373 e. The fraction of sp³-hybridized carbons (Fsp3) is 0.462. The molecule has 0 atom stereocenters. The smallest absolute Gasteiger partial charge is 0.293 e. The van der Waals surface area contributed by atoms with Crippen molar-refractivity contribution in [2.24, 2.45) is 0 Å². The molecule has 1 aromatic carbocycles. The van der Waals surface area contributed by atoms with Crippen molar-refractivity contribution in [2.75, 3.05) is 7.11 Å². The Balaban J connectivity index is 3.15. The molecule has 0 aliphatic carbocycles. The average Bonchev–Trinajstić information content (AvgIpc) is 2.29. The van der Waals surface area contributed by atoms with Crippen LogP contribution < -0.4 is 0 Å². The second-order valence-electron chi connectivity index (χ2n) is 4.32. The zero-order chi connectivity index (χ0) is 12.2. The molecule has 0 radical (unpaired) electrons. The molecule has 0 bridgehead atoms. The quantitative estimate of drug-likeness (QED) is 0.580. The van der Waals surface area contributed by atoms with Crippen molar-refractivity contribution >= 4 is 5.97 Å². The van der Waals surface area contributed by atoms with E-state index in [0.29, 0.717) is 5.56 Å². The number of hydrogen-bond acceptors (Lipinski definition) is 3. The zero-order valence-corrected chi connectivity index (χ0v) is 10.2. The Labute approximate surface area is 96.3 Å². The van der Waals surface area contributed by atoms with Crippen LogP contribution in [-0.4, -0.2) is 13.1 Å². The van der Waals surface area contributed by atoms with Crippen LogP contribution in [0.1, 0.15) is 43.1 Å². The highest BCUT2D eigenvalue weighted by molar-refractivity contribution is 5.91. The van der Waals surface area contributed by atoms with Gasteiger partial charge >= 0.3 is 5.97 Å². The highest BCUT2D eigenvalue weighted by Crippen LogP contribution is 2.29. The second kappa shape index (κ2) is 5.12. The van der Waals surface area contributed by atoms with E-state index in [0.717, 1.165) is 12.0 Å². The molecule has 0 saturated carbocycles. The molecular weight excluding hydrogens is 204 g/mol. The number of rotatable bonds is 4. The van der Waals surface area contributed by atoms with Crippen LogP contribution in [0, 0.1) is 0 Å². The molecule has 3 heteroatoms. The SMILES string of the molecule is CCC(C)(C)c1ccccc1C(=O)OOC. The lowest BCUT2D eigenvalue weighted by Crippen LogP contribution is -2.20. The molecule has 0 N–H and O–H groups in total. The minimum atomic E-state index is -0.445. The average molecular weight is 222 g/mol. The molecule has 0 spiro atoms. The summed E-state index contributed by atoms with van der Waals surface area (Å²) in [6.45, 7) is 6.30. The summed E-state index contributed by atoms with van der Waals surface area (Å²) < 4.78 is 0. The first-order valence-corrected chi connectivity index (χ1v) is 5.37. The Morgan fingerprint density at radius 2 is 1.94 bits per heavy atom. The summed E-state index contributed by atoms with van der Waals surface area (Å²) in [5.41, 5.74) is 1.50. The number of carbonyl (C=O) groups excluding carboxylic acids is 1. The second-order valence-corrected chi connectivity index (χ2v) is 4.32. The van der Waals surface area contributed by atoms with Crippen LogP contribution in [0.4, 0.5) is 0 Å². The monoisotopic (exact) mass is 222 g/mol. The molecule has 16 heavy (non-hydrogen) atoms. The molecular formula is C13H18O3. The molecule has 0 fully saturated rings. The summed E-state index contributed by atoms with van der Waals surface area (Å²) in [6.07, 6.45) is 0.949.